The first-order chi connectivity index (χ1) is 14.8. The number of amides is 3. The summed E-state index contributed by atoms with van der Waals surface area (Å²) >= 11 is 0. The van der Waals surface area contributed by atoms with Crippen LogP contribution in [-0.2, 0) is 4.79 Å². The maximum atomic E-state index is 12.8. The molecule has 0 saturated carbocycles. The SMILES string of the molecule is CCC(CC)C(=O)N1CCC(N(C)C(=O)Nc2ccc3c(c2)oc(=O)n3C(C)C)CC1. The lowest BCUT2D eigenvalue weighted by atomic mass is 9.98. The maximum Gasteiger partial charge on any atom is 0.420 e. The van der Waals surface area contributed by atoms with Crippen LogP contribution in [0.1, 0.15) is 59.4 Å². The van der Waals surface area contributed by atoms with Gasteiger partial charge in [-0.1, -0.05) is 13.8 Å². The van der Waals surface area contributed by atoms with Crippen LogP contribution < -0.4 is 11.1 Å². The predicted octanol–water partition coefficient (Wildman–Crippen LogP) is 4.07. The van der Waals surface area contributed by atoms with Gasteiger partial charge in [-0.3, -0.25) is 9.36 Å². The fraction of sp³-hybridized carbons (Fsp3) is 0.609. The standard InChI is InChI=1S/C23H34N4O4/c1-6-16(7-2)21(28)26-12-10-18(11-13-26)25(5)22(29)24-17-8-9-19-20(14-17)31-23(30)27(19)15(3)4/h8-9,14-16,18H,6-7,10-13H2,1-5H3,(H,24,29). The zero-order chi connectivity index (χ0) is 22.7. The molecule has 1 aromatic heterocycles. The summed E-state index contributed by atoms with van der Waals surface area (Å²) in [7, 11) is 1.78. The van der Waals surface area contributed by atoms with Crippen molar-refractivity contribution in [1.29, 1.82) is 0 Å². The summed E-state index contributed by atoms with van der Waals surface area (Å²) in [6, 6.07) is 5.10. The van der Waals surface area contributed by atoms with Crippen LogP contribution in [0.15, 0.2) is 27.4 Å². The Kier molecular flexibility index (Phi) is 7.08. The van der Waals surface area contributed by atoms with Gasteiger partial charge >= 0.3 is 11.8 Å². The lowest BCUT2D eigenvalue weighted by Gasteiger charge is -2.37. The predicted molar refractivity (Wildman–Crippen MR) is 121 cm³/mol. The van der Waals surface area contributed by atoms with Gasteiger partial charge in [0.05, 0.1) is 5.52 Å². The van der Waals surface area contributed by atoms with Gasteiger partial charge in [-0.05, 0) is 51.7 Å². The third-order valence-electron chi connectivity index (χ3n) is 6.36. The molecule has 1 aliphatic rings. The Morgan fingerprint density at radius 1 is 1.19 bits per heavy atom. The molecule has 170 valence electrons. The second kappa shape index (κ2) is 9.58. The topological polar surface area (TPSA) is 87.8 Å². The lowest BCUT2D eigenvalue weighted by Crippen LogP contribution is -2.49. The molecule has 2 heterocycles. The number of hydrogen-bond acceptors (Lipinski definition) is 4. The van der Waals surface area contributed by atoms with Gasteiger partial charge in [0.1, 0.15) is 0 Å². The Labute approximate surface area is 183 Å². The number of fused-ring (bicyclic) bond motifs is 1. The van der Waals surface area contributed by atoms with E-state index in [2.05, 4.69) is 19.2 Å². The smallest absolute Gasteiger partial charge is 0.408 e. The van der Waals surface area contributed by atoms with E-state index < -0.39 is 5.76 Å². The van der Waals surface area contributed by atoms with E-state index in [9.17, 15) is 14.4 Å². The first-order valence-electron chi connectivity index (χ1n) is 11.2. The summed E-state index contributed by atoms with van der Waals surface area (Å²) in [5.74, 6) is -0.0721. The fourth-order valence-electron chi connectivity index (χ4n) is 4.35. The van der Waals surface area contributed by atoms with Crippen LogP contribution in [0.4, 0.5) is 10.5 Å². The summed E-state index contributed by atoms with van der Waals surface area (Å²) < 4.78 is 6.92. The summed E-state index contributed by atoms with van der Waals surface area (Å²) in [6.07, 6.45) is 3.26. The number of benzene rings is 1. The highest BCUT2D eigenvalue weighted by molar-refractivity contribution is 5.91. The molecule has 1 N–H and O–H groups in total. The van der Waals surface area contributed by atoms with Crippen molar-refractivity contribution < 1.29 is 14.0 Å². The van der Waals surface area contributed by atoms with Gasteiger partial charge in [0.2, 0.25) is 5.91 Å². The average molecular weight is 431 g/mol. The van der Waals surface area contributed by atoms with E-state index in [4.69, 9.17) is 4.42 Å². The largest absolute Gasteiger partial charge is 0.420 e. The minimum atomic E-state index is -0.403. The van der Waals surface area contributed by atoms with Gasteiger partial charge < -0.3 is 19.5 Å². The number of nitrogens with zero attached hydrogens (tertiary/aromatic N) is 3. The molecule has 0 spiro atoms. The highest BCUT2D eigenvalue weighted by Gasteiger charge is 2.29. The molecule has 8 nitrogen and oxygen atoms in total. The fourth-order valence-corrected chi connectivity index (χ4v) is 4.35. The first kappa shape index (κ1) is 22.9. The number of rotatable bonds is 6. The van der Waals surface area contributed by atoms with Crippen molar-refractivity contribution in [2.45, 2.75) is 65.5 Å². The first-order valence-corrected chi connectivity index (χ1v) is 11.2. The zero-order valence-electron chi connectivity index (χ0n) is 19.2. The summed E-state index contributed by atoms with van der Waals surface area (Å²) in [5.41, 5.74) is 1.74. The molecular formula is C23H34N4O4. The quantitative estimate of drug-likeness (QED) is 0.748. The zero-order valence-corrected chi connectivity index (χ0v) is 19.2. The molecule has 1 aromatic carbocycles. The van der Waals surface area contributed by atoms with Crippen LogP contribution in [0.5, 0.6) is 0 Å². The van der Waals surface area contributed by atoms with Crippen LogP contribution in [-0.4, -0.2) is 52.5 Å². The number of oxazole rings is 1. The third-order valence-corrected chi connectivity index (χ3v) is 6.36. The molecule has 2 aromatic rings. The molecule has 0 radical (unpaired) electrons. The minimum Gasteiger partial charge on any atom is -0.408 e. The summed E-state index contributed by atoms with van der Waals surface area (Å²) in [5, 5.41) is 2.89. The lowest BCUT2D eigenvalue weighted by molar-refractivity contribution is -0.137. The number of urea groups is 1. The number of hydrogen-bond donors (Lipinski definition) is 1. The molecule has 1 aliphatic heterocycles. The Hall–Kier alpha value is -2.77. The van der Waals surface area contributed by atoms with Gasteiger partial charge in [0.15, 0.2) is 5.58 Å². The Morgan fingerprint density at radius 2 is 1.84 bits per heavy atom. The van der Waals surface area contributed by atoms with E-state index in [0.29, 0.717) is 29.9 Å². The Bertz CT molecular complexity index is 981. The van der Waals surface area contributed by atoms with Gasteiger partial charge in [0.25, 0.3) is 0 Å². The Balaban J connectivity index is 1.61. The highest BCUT2D eigenvalue weighted by atomic mass is 16.4. The molecule has 8 heteroatoms. The molecule has 3 rings (SSSR count). The molecule has 3 amide bonds. The molecule has 0 atom stereocenters. The van der Waals surface area contributed by atoms with Crippen LogP contribution in [0, 0.1) is 5.92 Å². The van der Waals surface area contributed by atoms with Crippen molar-refractivity contribution in [2.75, 3.05) is 25.5 Å². The number of piperidine rings is 1. The van der Waals surface area contributed by atoms with Gasteiger partial charge in [-0.2, -0.15) is 0 Å². The van der Waals surface area contributed by atoms with Crippen LogP contribution >= 0.6 is 0 Å². The van der Waals surface area contributed by atoms with Crippen molar-refractivity contribution in [3.05, 3.63) is 28.7 Å². The molecule has 0 aliphatic carbocycles. The number of likely N-dealkylation sites (tertiary alicyclic amines) is 1. The van der Waals surface area contributed by atoms with Crippen molar-refractivity contribution in [3.8, 4) is 0 Å². The second-order valence-corrected chi connectivity index (χ2v) is 8.63. The normalized spacial score (nSPS) is 15.1. The molecular weight excluding hydrogens is 396 g/mol. The average Bonchev–Trinajstić information content (AvgIpc) is 3.09. The minimum absolute atomic E-state index is 0.0111. The van der Waals surface area contributed by atoms with Crippen LogP contribution in [0.2, 0.25) is 0 Å². The van der Waals surface area contributed by atoms with E-state index in [-0.39, 0.29) is 29.9 Å². The molecule has 0 unspecified atom stereocenters. The van der Waals surface area contributed by atoms with Crippen molar-refractivity contribution in [2.24, 2.45) is 5.92 Å². The molecule has 0 bridgehead atoms. The van der Waals surface area contributed by atoms with E-state index >= 15 is 0 Å². The number of carbonyl (C=O) groups is 2. The van der Waals surface area contributed by atoms with Gasteiger partial charge in [-0.25, -0.2) is 9.59 Å². The monoisotopic (exact) mass is 430 g/mol. The van der Waals surface area contributed by atoms with Crippen molar-refractivity contribution >= 4 is 28.7 Å². The van der Waals surface area contributed by atoms with Gasteiger partial charge in [-0.15, -0.1) is 0 Å². The number of nitrogens with one attached hydrogen (secondary N) is 1. The second-order valence-electron chi connectivity index (χ2n) is 8.63. The third kappa shape index (κ3) is 4.78. The van der Waals surface area contributed by atoms with E-state index in [1.807, 2.05) is 18.7 Å². The van der Waals surface area contributed by atoms with E-state index in [0.717, 1.165) is 25.7 Å². The summed E-state index contributed by atoms with van der Waals surface area (Å²) in [6.45, 7) is 9.30. The maximum absolute atomic E-state index is 12.8. The van der Waals surface area contributed by atoms with Crippen molar-refractivity contribution in [1.82, 2.24) is 14.4 Å². The summed E-state index contributed by atoms with van der Waals surface area (Å²) in [4.78, 5) is 41.1. The van der Waals surface area contributed by atoms with E-state index in [1.54, 1.807) is 34.7 Å². The van der Waals surface area contributed by atoms with E-state index in [1.165, 1.54) is 0 Å². The van der Waals surface area contributed by atoms with Crippen molar-refractivity contribution in [3.63, 3.8) is 0 Å². The number of anilines is 1. The Morgan fingerprint density at radius 3 is 2.42 bits per heavy atom. The highest BCUT2D eigenvalue weighted by Crippen LogP contribution is 2.23. The van der Waals surface area contributed by atoms with Crippen LogP contribution in [0.3, 0.4) is 0 Å². The number of aromatic nitrogens is 1. The number of carbonyl (C=O) groups excluding carboxylic acids is 2. The molecule has 1 saturated heterocycles. The van der Waals surface area contributed by atoms with Crippen LogP contribution in [0.25, 0.3) is 11.1 Å². The molecule has 31 heavy (non-hydrogen) atoms. The van der Waals surface area contributed by atoms with Gasteiger partial charge in [0, 0.05) is 49.9 Å². The molecule has 1 fully saturated rings.